The second-order valence-electron chi connectivity index (χ2n) is 4.83. The Hall–Kier alpha value is -1.87. The molecule has 2 aromatic carbocycles. The highest BCUT2D eigenvalue weighted by molar-refractivity contribution is 5.38. The standard InChI is InChI=1S/C17H20FNO/c1-3-10-19-12-14-4-7-16(8-5-14)20-17-9-6-15(18)11-13(17)2/h4-9,11,19H,3,10,12H2,1-2H3. The molecule has 0 heterocycles. The quantitative estimate of drug-likeness (QED) is 0.786. The SMILES string of the molecule is CCCNCc1ccc(Oc2ccc(F)cc2C)cc1. The first-order valence-electron chi connectivity index (χ1n) is 6.92. The van der Waals surface area contributed by atoms with Crippen LogP contribution in [-0.4, -0.2) is 6.54 Å². The zero-order chi connectivity index (χ0) is 14.4. The van der Waals surface area contributed by atoms with Crippen molar-refractivity contribution in [2.24, 2.45) is 0 Å². The molecule has 20 heavy (non-hydrogen) atoms. The van der Waals surface area contributed by atoms with Crippen LogP contribution < -0.4 is 10.1 Å². The van der Waals surface area contributed by atoms with Gasteiger partial charge in [-0.3, -0.25) is 0 Å². The molecule has 0 aliphatic rings. The van der Waals surface area contributed by atoms with Gasteiger partial charge < -0.3 is 10.1 Å². The first kappa shape index (κ1) is 14.5. The summed E-state index contributed by atoms with van der Waals surface area (Å²) in [6, 6.07) is 12.5. The minimum Gasteiger partial charge on any atom is -0.457 e. The largest absolute Gasteiger partial charge is 0.457 e. The summed E-state index contributed by atoms with van der Waals surface area (Å²) in [6.07, 6.45) is 1.13. The van der Waals surface area contributed by atoms with Crippen molar-refractivity contribution in [1.82, 2.24) is 5.32 Å². The van der Waals surface area contributed by atoms with E-state index >= 15 is 0 Å². The van der Waals surface area contributed by atoms with E-state index in [9.17, 15) is 4.39 Å². The summed E-state index contributed by atoms with van der Waals surface area (Å²) in [4.78, 5) is 0. The van der Waals surface area contributed by atoms with Crippen LogP contribution in [0.1, 0.15) is 24.5 Å². The lowest BCUT2D eigenvalue weighted by Gasteiger charge is -2.09. The Balaban J connectivity index is 1.99. The van der Waals surface area contributed by atoms with E-state index in [1.807, 2.05) is 31.2 Å². The van der Waals surface area contributed by atoms with Gasteiger partial charge in [-0.05, 0) is 61.3 Å². The maximum absolute atomic E-state index is 13.0. The number of benzene rings is 2. The molecule has 0 aromatic heterocycles. The van der Waals surface area contributed by atoms with Crippen LogP contribution in [0.15, 0.2) is 42.5 Å². The molecule has 0 saturated carbocycles. The van der Waals surface area contributed by atoms with Gasteiger partial charge in [-0.25, -0.2) is 4.39 Å². The summed E-state index contributed by atoms with van der Waals surface area (Å²) in [7, 11) is 0. The number of hydrogen-bond donors (Lipinski definition) is 1. The summed E-state index contributed by atoms with van der Waals surface area (Å²) in [5.41, 5.74) is 2.01. The molecule has 106 valence electrons. The minimum absolute atomic E-state index is 0.243. The van der Waals surface area contributed by atoms with Crippen molar-refractivity contribution < 1.29 is 9.13 Å². The van der Waals surface area contributed by atoms with Gasteiger partial charge in [-0.15, -0.1) is 0 Å². The molecule has 1 N–H and O–H groups in total. The van der Waals surface area contributed by atoms with Gasteiger partial charge in [0, 0.05) is 6.54 Å². The van der Waals surface area contributed by atoms with Crippen LogP contribution in [0, 0.1) is 12.7 Å². The molecule has 0 radical (unpaired) electrons. The highest BCUT2D eigenvalue weighted by Gasteiger charge is 2.03. The van der Waals surface area contributed by atoms with Crippen LogP contribution in [0.5, 0.6) is 11.5 Å². The summed E-state index contributed by atoms with van der Waals surface area (Å²) in [5, 5.41) is 3.35. The van der Waals surface area contributed by atoms with E-state index < -0.39 is 0 Å². The highest BCUT2D eigenvalue weighted by atomic mass is 19.1. The maximum Gasteiger partial charge on any atom is 0.130 e. The van der Waals surface area contributed by atoms with Gasteiger partial charge in [0.15, 0.2) is 0 Å². The van der Waals surface area contributed by atoms with Crippen molar-refractivity contribution in [1.29, 1.82) is 0 Å². The van der Waals surface area contributed by atoms with Crippen LogP contribution in [0.2, 0.25) is 0 Å². The molecule has 0 bridgehead atoms. The van der Waals surface area contributed by atoms with Gasteiger partial charge in [0.25, 0.3) is 0 Å². The molecule has 2 rings (SSSR count). The van der Waals surface area contributed by atoms with Crippen LogP contribution >= 0.6 is 0 Å². The first-order chi connectivity index (χ1) is 9.69. The molecule has 0 unspecified atom stereocenters. The molecule has 0 aliphatic carbocycles. The molecule has 0 saturated heterocycles. The third-order valence-electron chi connectivity index (χ3n) is 3.04. The molecule has 0 fully saturated rings. The molecule has 0 amide bonds. The minimum atomic E-state index is -0.243. The lowest BCUT2D eigenvalue weighted by atomic mass is 10.2. The van der Waals surface area contributed by atoms with Crippen LogP contribution in [0.25, 0.3) is 0 Å². The lowest BCUT2D eigenvalue weighted by molar-refractivity contribution is 0.476. The van der Waals surface area contributed by atoms with E-state index in [4.69, 9.17) is 4.74 Å². The Bertz CT molecular complexity index is 551. The van der Waals surface area contributed by atoms with Crippen LogP contribution in [0.4, 0.5) is 4.39 Å². The summed E-state index contributed by atoms with van der Waals surface area (Å²) in [6.45, 7) is 5.87. The van der Waals surface area contributed by atoms with Crippen molar-refractivity contribution in [3.8, 4) is 11.5 Å². The summed E-state index contributed by atoms with van der Waals surface area (Å²) < 4.78 is 18.8. The molecule has 3 heteroatoms. The highest BCUT2D eigenvalue weighted by Crippen LogP contribution is 2.25. The molecule has 0 spiro atoms. The van der Waals surface area contributed by atoms with E-state index in [2.05, 4.69) is 12.2 Å². The molecule has 0 aliphatic heterocycles. The average Bonchev–Trinajstić information content (AvgIpc) is 2.44. The van der Waals surface area contributed by atoms with Crippen molar-refractivity contribution in [3.05, 3.63) is 59.4 Å². The Morgan fingerprint density at radius 2 is 1.85 bits per heavy atom. The molecular weight excluding hydrogens is 253 g/mol. The van der Waals surface area contributed by atoms with E-state index in [0.717, 1.165) is 30.8 Å². The van der Waals surface area contributed by atoms with Crippen molar-refractivity contribution in [3.63, 3.8) is 0 Å². The predicted octanol–water partition coefficient (Wildman–Crippen LogP) is 4.43. The monoisotopic (exact) mass is 273 g/mol. The zero-order valence-corrected chi connectivity index (χ0v) is 11.9. The first-order valence-corrected chi connectivity index (χ1v) is 6.92. The Morgan fingerprint density at radius 3 is 2.50 bits per heavy atom. The molecule has 0 atom stereocenters. The Labute approximate surface area is 119 Å². The fourth-order valence-corrected chi connectivity index (χ4v) is 1.94. The second kappa shape index (κ2) is 7.06. The van der Waals surface area contributed by atoms with Gasteiger partial charge in [0.05, 0.1) is 0 Å². The zero-order valence-electron chi connectivity index (χ0n) is 11.9. The van der Waals surface area contributed by atoms with E-state index in [-0.39, 0.29) is 5.82 Å². The number of nitrogens with one attached hydrogen (secondary N) is 1. The third kappa shape index (κ3) is 4.07. The van der Waals surface area contributed by atoms with Gasteiger partial charge in [-0.2, -0.15) is 0 Å². The normalized spacial score (nSPS) is 10.6. The molecule has 2 aromatic rings. The number of rotatable bonds is 6. The van der Waals surface area contributed by atoms with E-state index in [0.29, 0.717) is 5.75 Å². The fraction of sp³-hybridized carbons (Fsp3) is 0.294. The number of halogens is 1. The number of aryl methyl sites for hydroxylation is 1. The summed E-state index contributed by atoms with van der Waals surface area (Å²) in [5.74, 6) is 1.20. The topological polar surface area (TPSA) is 21.3 Å². The average molecular weight is 273 g/mol. The van der Waals surface area contributed by atoms with Crippen molar-refractivity contribution >= 4 is 0 Å². The van der Waals surface area contributed by atoms with E-state index in [1.54, 1.807) is 6.07 Å². The van der Waals surface area contributed by atoms with Crippen LogP contribution in [0.3, 0.4) is 0 Å². The maximum atomic E-state index is 13.0. The third-order valence-corrected chi connectivity index (χ3v) is 3.04. The van der Waals surface area contributed by atoms with E-state index in [1.165, 1.54) is 17.7 Å². The lowest BCUT2D eigenvalue weighted by Crippen LogP contribution is -2.13. The summed E-state index contributed by atoms with van der Waals surface area (Å²) >= 11 is 0. The smallest absolute Gasteiger partial charge is 0.130 e. The molecule has 2 nitrogen and oxygen atoms in total. The number of ether oxygens (including phenoxy) is 1. The van der Waals surface area contributed by atoms with Crippen LogP contribution in [-0.2, 0) is 6.54 Å². The van der Waals surface area contributed by atoms with Gasteiger partial charge in [0.2, 0.25) is 0 Å². The second-order valence-corrected chi connectivity index (χ2v) is 4.83. The number of hydrogen-bond acceptors (Lipinski definition) is 2. The fourth-order valence-electron chi connectivity index (χ4n) is 1.94. The van der Waals surface area contributed by atoms with Crippen molar-refractivity contribution in [2.45, 2.75) is 26.8 Å². The van der Waals surface area contributed by atoms with Gasteiger partial charge in [0.1, 0.15) is 17.3 Å². The molecular formula is C17H20FNO. The van der Waals surface area contributed by atoms with Crippen molar-refractivity contribution in [2.75, 3.05) is 6.54 Å². The van der Waals surface area contributed by atoms with Gasteiger partial charge in [-0.1, -0.05) is 19.1 Å². The van der Waals surface area contributed by atoms with Gasteiger partial charge >= 0.3 is 0 Å². The Morgan fingerprint density at radius 1 is 1.10 bits per heavy atom. The predicted molar refractivity (Wildman–Crippen MR) is 79.7 cm³/mol. The Kier molecular flexibility index (Phi) is 5.13.